The fraction of sp³-hybridized carbons (Fsp3) is 0.333. The second kappa shape index (κ2) is 9.12. The van der Waals surface area contributed by atoms with E-state index >= 15 is 0 Å². The third kappa shape index (κ3) is 5.55. The summed E-state index contributed by atoms with van der Waals surface area (Å²) in [7, 11) is 0. The molecule has 0 spiro atoms. The molecule has 24 heavy (non-hydrogen) atoms. The Labute approximate surface area is 156 Å². The molecule has 1 heterocycles. The van der Waals surface area contributed by atoms with E-state index in [-0.39, 0.29) is 17.7 Å². The molecular formula is C18H19ClN2OS2. The molecule has 2 rings (SSSR count). The summed E-state index contributed by atoms with van der Waals surface area (Å²) in [6, 6.07) is 14.0. The molecule has 126 valence electrons. The van der Waals surface area contributed by atoms with Crippen LogP contribution in [-0.2, 0) is 4.79 Å². The monoisotopic (exact) mass is 378 g/mol. The molecule has 1 aromatic heterocycles. The maximum absolute atomic E-state index is 12.2. The van der Waals surface area contributed by atoms with Gasteiger partial charge in [0.05, 0.1) is 15.7 Å². The fourth-order valence-electron chi connectivity index (χ4n) is 2.21. The predicted molar refractivity (Wildman–Crippen MR) is 102 cm³/mol. The minimum atomic E-state index is -0.194. The molecule has 6 heteroatoms. The SMILES string of the molecule is CC(C)CC(Sc1ccc(-c2ccc(Cl)s2)cc1)C(=O)NCC#N. The van der Waals surface area contributed by atoms with Crippen LogP contribution in [-0.4, -0.2) is 17.7 Å². The van der Waals surface area contributed by atoms with E-state index in [2.05, 4.69) is 19.2 Å². The van der Waals surface area contributed by atoms with E-state index in [9.17, 15) is 4.79 Å². The number of carbonyl (C=O) groups is 1. The normalized spacial score (nSPS) is 12.0. The zero-order valence-corrected chi connectivity index (χ0v) is 16.0. The summed E-state index contributed by atoms with van der Waals surface area (Å²) in [6.45, 7) is 4.23. The highest BCUT2D eigenvalue weighted by atomic mass is 35.5. The Hall–Kier alpha value is -1.48. The van der Waals surface area contributed by atoms with Gasteiger partial charge in [0, 0.05) is 9.77 Å². The lowest BCUT2D eigenvalue weighted by atomic mass is 10.1. The van der Waals surface area contributed by atoms with E-state index in [0.717, 1.165) is 26.1 Å². The highest BCUT2D eigenvalue weighted by Gasteiger charge is 2.20. The van der Waals surface area contributed by atoms with Crippen LogP contribution in [0.4, 0.5) is 0 Å². The molecule has 0 aliphatic heterocycles. The molecule has 1 N–H and O–H groups in total. The molecule has 0 fully saturated rings. The number of benzene rings is 1. The van der Waals surface area contributed by atoms with Crippen molar-refractivity contribution in [2.24, 2.45) is 5.92 Å². The van der Waals surface area contributed by atoms with Gasteiger partial charge >= 0.3 is 0 Å². The number of amides is 1. The molecule has 2 aromatic rings. The summed E-state index contributed by atoms with van der Waals surface area (Å²) in [6.07, 6.45) is 0.768. The Morgan fingerprint density at radius 3 is 2.54 bits per heavy atom. The topological polar surface area (TPSA) is 52.9 Å². The van der Waals surface area contributed by atoms with E-state index in [1.165, 1.54) is 0 Å². The third-order valence-corrected chi connectivity index (χ3v) is 5.83. The molecule has 0 bridgehead atoms. The number of hydrogen-bond donors (Lipinski definition) is 1. The second-order valence-electron chi connectivity index (χ2n) is 5.74. The van der Waals surface area contributed by atoms with Crippen LogP contribution in [0.2, 0.25) is 4.34 Å². The van der Waals surface area contributed by atoms with Crippen LogP contribution in [0.25, 0.3) is 10.4 Å². The summed E-state index contributed by atoms with van der Waals surface area (Å²) < 4.78 is 0.773. The van der Waals surface area contributed by atoms with E-state index in [4.69, 9.17) is 16.9 Å². The van der Waals surface area contributed by atoms with Crippen molar-refractivity contribution in [3.05, 3.63) is 40.7 Å². The van der Waals surface area contributed by atoms with Crippen LogP contribution < -0.4 is 5.32 Å². The molecule has 1 unspecified atom stereocenters. The van der Waals surface area contributed by atoms with Gasteiger partial charge in [0.15, 0.2) is 0 Å². The Balaban J connectivity index is 2.08. The zero-order chi connectivity index (χ0) is 17.5. The number of carbonyl (C=O) groups excluding carboxylic acids is 1. The molecule has 0 saturated carbocycles. The van der Waals surface area contributed by atoms with Crippen LogP contribution in [0, 0.1) is 17.2 Å². The van der Waals surface area contributed by atoms with Gasteiger partial charge in [0.2, 0.25) is 5.91 Å². The standard InChI is InChI=1S/C18H19ClN2OS2/c1-12(2)11-16(18(22)21-10-9-20)23-14-5-3-13(4-6-14)15-7-8-17(19)24-15/h3-8,12,16H,10-11H2,1-2H3,(H,21,22). The van der Waals surface area contributed by atoms with Gasteiger partial charge in [-0.2, -0.15) is 5.26 Å². The lowest BCUT2D eigenvalue weighted by Gasteiger charge is -2.17. The first-order valence-corrected chi connectivity index (χ1v) is 9.74. The molecular weight excluding hydrogens is 360 g/mol. The zero-order valence-electron chi connectivity index (χ0n) is 13.6. The molecule has 0 aliphatic carbocycles. The summed E-state index contributed by atoms with van der Waals surface area (Å²) in [4.78, 5) is 14.4. The van der Waals surface area contributed by atoms with Gasteiger partial charge in [-0.1, -0.05) is 37.6 Å². The third-order valence-electron chi connectivity index (χ3n) is 3.31. The summed E-state index contributed by atoms with van der Waals surface area (Å²) in [5.41, 5.74) is 1.12. The largest absolute Gasteiger partial charge is 0.342 e. The highest BCUT2D eigenvalue weighted by molar-refractivity contribution is 8.00. The molecule has 0 radical (unpaired) electrons. The number of nitrogens with one attached hydrogen (secondary N) is 1. The average molecular weight is 379 g/mol. The number of nitriles is 1. The molecule has 1 amide bonds. The van der Waals surface area contributed by atoms with Crippen LogP contribution in [0.5, 0.6) is 0 Å². The Bertz CT molecular complexity index is 719. The van der Waals surface area contributed by atoms with Gasteiger partial charge < -0.3 is 5.32 Å². The number of thiophene rings is 1. The summed E-state index contributed by atoms with van der Waals surface area (Å²) >= 11 is 9.07. The van der Waals surface area contributed by atoms with E-state index in [1.54, 1.807) is 23.1 Å². The number of rotatable bonds is 7. The second-order valence-corrected chi connectivity index (χ2v) is 8.73. The predicted octanol–water partition coefficient (Wildman–Crippen LogP) is 5.22. The van der Waals surface area contributed by atoms with Gasteiger partial charge in [-0.05, 0) is 42.2 Å². The maximum Gasteiger partial charge on any atom is 0.234 e. The molecule has 0 saturated heterocycles. The number of hydrogen-bond acceptors (Lipinski definition) is 4. The maximum atomic E-state index is 12.2. The average Bonchev–Trinajstić information content (AvgIpc) is 2.98. The fourth-order valence-corrected chi connectivity index (χ4v) is 4.55. The van der Waals surface area contributed by atoms with Gasteiger partial charge in [0.1, 0.15) is 6.54 Å². The van der Waals surface area contributed by atoms with E-state index in [1.807, 2.05) is 42.5 Å². The molecule has 1 atom stereocenters. The van der Waals surface area contributed by atoms with Gasteiger partial charge in [-0.25, -0.2) is 0 Å². The van der Waals surface area contributed by atoms with Gasteiger partial charge in [0.25, 0.3) is 0 Å². The summed E-state index contributed by atoms with van der Waals surface area (Å²) in [5.74, 6) is 0.326. The molecule has 0 aliphatic rings. The Morgan fingerprint density at radius 2 is 2.00 bits per heavy atom. The van der Waals surface area contributed by atoms with Crippen LogP contribution in [0.15, 0.2) is 41.3 Å². The van der Waals surface area contributed by atoms with Crippen molar-refractivity contribution in [3.8, 4) is 16.5 Å². The van der Waals surface area contributed by atoms with Crippen LogP contribution in [0.3, 0.4) is 0 Å². The number of nitrogens with zero attached hydrogens (tertiary/aromatic N) is 1. The van der Waals surface area contributed by atoms with Crippen LogP contribution >= 0.6 is 34.7 Å². The van der Waals surface area contributed by atoms with Crippen molar-refractivity contribution in [1.29, 1.82) is 5.26 Å². The van der Waals surface area contributed by atoms with Gasteiger partial charge in [-0.15, -0.1) is 23.1 Å². The van der Waals surface area contributed by atoms with Crippen molar-refractivity contribution in [1.82, 2.24) is 5.32 Å². The van der Waals surface area contributed by atoms with Crippen molar-refractivity contribution in [2.45, 2.75) is 30.4 Å². The first-order valence-electron chi connectivity index (χ1n) is 7.66. The van der Waals surface area contributed by atoms with Crippen molar-refractivity contribution in [3.63, 3.8) is 0 Å². The first kappa shape index (κ1) is 18.9. The van der Waals surface area contributed by atoms with E-state index in [0.29, 0.717) is 5.92 Å². The number of halogens is 1. The first-order chi connectivity index (χ1) is 11.5. The Morgan fingerprint density at radius 1 is 1.29 bits per heavy atom. The van der Waals surface area contributed by atoms with Crippen molar-refractivity contribution >= 4 is 40.6 Å². The minimum Gasteiger partial charge on any atom is -0.342 e. The van der Waals surface area contributed by atoms with E-state index < -0.39 is 0 Å². The van der Waals surface area contributed by atoms with Crippen LogP contribution in [0.1, 0.15) is 20.3 Å². The lowest BCUT2D eigenvalue weighted by molar-refractivity contribution is -0.120. The van der Waals surface area contributed by atoms with Crippen molar-refractivity contribution in [2.75, 3.05) is 6.54 Å². The quantitative estimate of drug-likeness (QED) is 0.531. The lowest BCUT2D eigenvalue weighted by Crippen LogP contribution is -2.33. The highest BCUT2D eigenvalue weighted by Crippen LogP contribution is 2.33. The smallest absolute Gasteiger partial charge is 0.234 e. The Kier molecular flexibility index (Phi) is 7.16. The molecule has 3 nitrogen and oxygen atoms in total. The molecule has 1 aromatic carbocycles. The van der Waals surface area contributed by atoms with Gasteiger partial charge in [-0.3, -0.25) is 4.79 Å². The number of thioether (sulfide) groups is 1. The summed E-state index contributed by atoms with van der Waals surface area (Å²) in [5, 5.41) is 11.1. The van der Waals surface area contributed by atoms with Crippen molar-refractivity contribution < 1.29 is 4.79 Å². The minimum absolute atomic E-state index is 0.0477.